The summed E-state index contributed by atoms with van der Waals surface area (Å²) in [4.78, 5) is 19.2. The fourth-order valence-corrected chi connectivity index (χ4v) is 4.23. The number of imidazole rings is 1. The summed E-state index contributed by atoms with van der Waals surface area (Å²) in [6.07, 6.45) is 3.70. The molecule has 2 aromatic carbocycles. The topological polar surface area (TPSA) is 46.9 Å². The molecule has 1 unspecified atom stereocenters. The quantitative estimate of drug-likeness (QED) is 0.572. The number of hydrogen-bond donors (Lipinski definition) is 1. The molecule has 0 aliphatic rings. The number of nitrogens with one attached hydrogen (secondary N) is 1. The van der Waals surface area contributed by atoms with Crippen molar-refractivity contribution in [3.05, 3.63) is 67.0 Å². The first-order valence-electron chi connectivity index (χ1n) is 8.48. The van der Waals surface area contributed by atoms with Crippen LogP contribution in [0.25, 0.3) is 0 Å². The summed E-state index contributed by atoms with van der Waals surface area (Å²) in [6, 6.07) is 18.0. The molecule has 134 valence electrons. The number of carbonyl (C=O) groups excluding carboxylic acids is 1. The average molecular weight is 384 g/mol. The smallest absolute Gasteiger partial charge is 0.237 e. The van der Waals surface area contributed by atoms with Crippen LogP contribution in [-0.4, -0.2) is 20.7 Å². The van der Waals surface area contributed by atoms with Gasteiger partial charge in [0.1, 0.15) is 0 Å². The largest absolute Gasteiger partial charge is 0.326 e. The van der Waals surface area contributed by atoms with Gasteiger partial charge in [-0.1, -0.05) is 53.9 Å². The third-order valence-electron chi connectivity index (χ3n) is 3.79. The van der Waals surface area contributed by atoms with Gasteiger partial charge in [0.2, 0.25) is 5.91 Å². The zero-order valence-electron chi connectivity index (χ0n) is 14.8. The van der Waals surface area contributed by atoms with Crippen molar-refractivity contribution in [2.75, 3.05) is 5.32 Å². The lowest BCUT2D eigenvalue weighted by Gasteiger charge is -2.14. The Kier molecular flexibility index (Phi) is 6.41. The Balaban J connectivity index is 1.69. The molecular weight excluding hydrogens is 362 g/mol. The van der Waals surface area contributed by atoms with Crippen molar-refractivity contribution in [1.29, 1.82) is 0 Å². The van der Waals surface area contributed by atoms with E-state index in [1.165, 1.54) is 11.8 Å². The molecule has 1 amide bonds. The van der Waals surface area contributed by atoms with E-state index in [-0.39, 0.29) is 11.2 Å². The van der Waals surface area contributed by atoms with E-state index in [1.54, 1.807) is 18.0 Å². The van der Waals surface area contributed by atoms with Crippen molar-refractivity contribution in [1.82, 2.24) is 9.55 Å². The highest BCUT2D eigenvalue weighted by molar-refractivity contribution is 8.00. The second-order valence-corrected chi connectivity index (χ2v) is 8.08. The number of nitrogens with zero attached hydrogens (tertiary/aromatic N) is 2. The molecule has 1 aromatic heterocycles. The van der Waals surface area contributed by atoms with E-state index < -0.39 is 0 Å². The second kappa shape index (κ2) is 8.96. The number of thioether (sulfide) groups is 1. The first-order valence-corrected chi connectivity index (χ1v) is 10.2. The predicted octanol–water partition coefficient (Wildman–Crippen LogP) is 5.17. The van der Waals surface area contributed by atoms with Gasteiger partial charge in [0, 0.05) is 28.7 Å². The third kappa shape index (κ3) is 4.71. The number of para-hydroxylation sites is 1. The van der Waals surface area contributed by atoms with Crippen molar-refractivity contribution in [3.63, 3.8) is 0 Å². The van der Waals surface area contributed by atoms with Gasteiger partial charge in [0.05, 0.1) is 10.9 Å². The summed E-state index contributed by atoms with van der Waals surface area (Å²) in [5.74, 6) is -0.0261. The zero-order valence-corrected chi connectivity index (χ0v) is 16.4. The van der Waals surface area contributed by atoms with Crippen molar-refractivity contribution in [3.8, 4) is 0 Å². The maximum Gasteiger partial charge on any atom is 0.237 e. The van der Waals surface area contributed by atoms with Gasteiger partial charge < -0.3 is 9.88 Å². The lowest BCUT2D eigenvalue weighted by molar-refractivity contribution is -0.115. The van der Waals surface area contributed by atoms with E-state index in [1.807, 2.05) is 60.2 Å². The maximum atomic E-state index is 12.7. The van der Waals surface area contributed by atoms with Crippen molar-refractivity contribution in [2.45, 2.75) is 40.6 Å². The highest BCUT2D eigenvalue weighted by Crippen LogP contribution is 2.33. The summed E-state index contributed by atoms with van der Waals surface area (Å²) in [7, 11) is 0. The van der Waals surface area contributed by atoms with Crippen LogP contribution in [0.2, 0.25) is 0 Å². The molecule has 26 heavy (non-hydrogen) atoms. The van der Waals surface area contributed by atoms with E-state index in [9.17, 15) is 4.79 Å². The number of benzene rings is 2. The predicted molar refractivity (Wildman–Crippen MR) is 109 cm³/mol. The van der Waals surface area contributed by atoms with Crippen molar-refractivity contribution < 1.29 is 4.79 Å². The first-order chi connectivity index (χ1) is 12.7. The lowest BCUT2D eigenvalue weighted by Crippen LogP contribution is -2.23. The molecule has 0 aliphatic heterocycles. The van der Waals surface area contributed by atoms with Crippen LogP contribution in [0, 0.1) is 0 Å². The number of hydrogen-bond acceptors (Lipinski definition) is 4. The van der Waals surface area contributed by atoms with E-state index >= 15 is 0 Å². The van der Waals surface area contributed by atoms with Gasteiger partial charge in [0.15, 0.2) is 5.16 Å². The minimum absolute atomic E-state index is 0.0261. The summed E-state index contributed by atoms with van der Waals surface area (Å²) >= 11 is 3.11. The van der Waals surface area contributed by atoms with E-state index in [2.05, 4.69) is 29.4 Å². The highest BCUT2D eigenvalue weighted by atomic mass is 32.2. The normalized spacial score (nSPS) is 11.9. The number of aryl methyl sites for hydroxylation is 1. The van der Waals surface area contributed by atoms with Crippen LogP contribution in [0.4, 0.5) is 5.69 Å². The molecule has 0 spiro atoms. The molecule has 4 nitrogen and oxygen atoms in total. The molecule has 3 aromatic rings. The molecule has 1 heterocycles. The number of aromatic nitrogens is 2. The lowest BCUT2D eigenvalue weighted by atomic mass is 10.3. The molecule has 0 radical (unpaired) electrons. The monoisotopic (exact) mass is 383 g/mol. The van der Waals surface area contributed by atoms with E-state index in [0.717, 1.165) is 27.2 Å². The Labute approximate surface area is 162 Å². The minimum atomic E-state index is -0.238. The number of amides is 1. The van der Waals surface area contributed by atoms with Crippen molar-refractivity contribution >= 4 is 35.1 Å². The van der Waals surface area contributed by atoms with Crippen LogP contribution in [-0.2, 0) is 11.3 Å². The third-order valence-corrected chi connectivity index (χ3v) is 5.99. The summed E-state index contributed by atoms with van der Waals surface area (Å²) in [5.41, 5.74) is 0.831. The molecule has 0 aliphatic carbocycles. The fraction of sp³-hybridized carbons (Fsp3) is 0.200. The highest BCUT2D eigenvalue weighted by Gasteiger charge is 2.18. The van der Waals surface area contributed by atoms with Crippen LogP contribution >= 0.6 is 23.5 Å². The Morgan fingerprint density at radius 3 is 2.65 bits per heavy atom. The van der Waals surface area contributed by atoms with E-state index in [4.69, 9.17) is 0 Å². The van der Waals surface area contributed by atoms with Gasteiger partial charge in [-0.25, -0.2) is 4.98 Å². The molecule has 6 heteroatoms. The molecule has 0 saturated carbocycles. The fourth-order valence-electron chi connectivity index (χ4n) is 2.37. The number of carbonyl (C=O) groups is 1. The Morgan fingerprint density at radius 1 is 1.15 bits per heavy atom. The number of anilines is 1. The van der Waals surface area contributed by atoms with Crippen LogP contribution < -0.4 is 5.32 Å². The first kappa shape index (κ1) is 18.6. The van der Waals surface area contributed by atoms with Gasteiger partial charge in [-0.15, -0.1) is 0 Å². The molecule has 0 bridgehead atoms. The molecule has 0 fully saturated rings. The van der Waals surface area contributed by atoms with E-state index in [0.29, 0.717) is 0 Å². The Morgan fingerprint density at radius 2 is 1.88 bits per heavy atom. The summed E-state index contributed by atoms with van der Waals surface area (Å²) in [6.45, 7) is 4.81. The molecule has 3 rings (SSSR count). The summed E-state index contributed by atoms with van der Waals surface area (Å²) in [5, 5.41) is 3.69. The van der Waals surface area contributed by atoms with Gasteiger partial charge in [-0.3, -0.25) is 4.79 Å². The maximum absolute atomic E-state index is 12.7. The average Bonchev–Trinajstić information content (AvgIpc) is 3.11. The number of rotatable bonds is 7. The molecule has 1 N–H and O–H groups in total. The van der Waals surface area contributed by atoms with Gasteiger partial charge in [-0.05, 0) is 38.1 Å². The van der Waals surface area contributed by atoms with Gasteiger partial charge in [-0.2, -0.15) is 0 Å². The van der Waals surface area contributed by atoms with Gasteiger partial charge >= 0.3 is 0 Å². The van der Waals surface area contributed by atoms with Crippen LogP contribution in [0.3, 0.4) is 0 Å². The Hall–Kier alpha value is -2.18. The van der Waals surface area contributed by atoms with Crippen LogP contribution in [0.15, 0.2) is 81.9 Å². The molecule has 0 saturated heterocycles. The standard InChI is InChI=1S/C20H21N3OS2/c1-3-23-14-13-21-20(23)25-15(2)19(24)22-17-11-7-8-12-18(17)26-16-9-5-4-6-10-16/h4-15H,3H2,1-2H3,(H,22,24). The van der Waals surface area contributed by atoms with Gasteiger partial charge in [0.25, 0.3) is 0 Å². The second-order valence-electron chi connectivity index (χ2n) is 5.66. The van der Waals surface area contributed by atoms with Crippen molar-refractivity contribution in [2.24, 2.45) is 0 Å². The minimum Gasteiger partial charge on any atom is -0.326 e. The molecular formula is C20H21N3OS2. The summed E-state index contributed by atoms with van der Waals surface area (Å²) < 4.78 is 2.04. The SMILES string of the molecule is CCn1ccnc1SC(C)C(=O)Nc1ccccc1Sc1ccccc1. The Bertz CT molecular complexity index is 864. The molecule has 1 atom stereocenters. The van der Waals surface area contributed by atoms with Crippen LogP contribution in [0.1, 0.15) is 13.8 Å². The zero-order chi connectivity index (χ0) is 18.4. The van der Waals surface area contributed by atoms with Crippen LogP contribution in [0.5, 0.6) is 0 Å².